The molecule has 1 fully saturated rings. The van der Waals surface area contributed by atoms with Crippen molar-refractivity contribution in [2.24, 2.45) is 0 Å². The summed E-state index contributed by atoms with van der Waals surface area (Å²) in [6, 6.07) is 22.7. The summed E-state index contributed by atoms with van der Waals surface area (Å²) >= 11 is 0. The molecule has 178 valence electrons. The fourth-order valence-electron chi connectivity index (χ4n) is 4.15. The van der Waals surface area contributed by atoms with Crippen LogP contribution in [0.2, 0.25) is 0 Å². The first kappa shape index (κ1) is 23.8. The number of benzene rings is 3. The number of amides is 1. The number of hydrogen-bond acceptors (Lipinski definition) is 5. The van der Waals surface area contributed by atoms with Crippen molar-refractivity contribution < 1.29 is 24.2 Å². The molecule has 3 aromatic rings. The third-order valence-corrected chi connectivity index (χ3v) is 5.72. The van der Waals surface area contributed by atoms with Crippen LogP contribution in [0.1, 0.15) is 29.7 Å². The predicted octanol–water partition coefficient (Wildman–Crippen LogP) is 5.27. The van der Waals surface area contributed by atoms with Gasteiger partial charge < -0.3 is 19.5 Å². The van der Waals surface area contributed by atoms with E-state index >= 15 is 0 Å². The maximum absolute atomic E-state index is 13.2. The van der Waals surface area contributed by atoms with Crippen LogP contribution < -0.4 is 9.47 Å². The number of aliphatic hydroxyl groups excluding tert-OH is 1. The fourth-order valence-corrected chi connectivity index (χ4v) is 4.15. The molecule has 1 N–H and O–H groups in total. The van der Waals surface area contributed by atoms with Gasteiger partial charge in [0.2, 0.25) is 0 Å². The van der Waals surface area contributed by atoms with Crippen LogP contribution in [0.4, 0.5) is 0 Å². The molecule has 0 spiro atoms. The Hall–Kier alpha value is -4.32. The lowest BCUT2D eigenvalue weighted by Crippen LogP contribution is -2.29. The molecular formula is C29H27NO5. The first-order chi connectivity index (χ1) is 17.0. The second kappa shape index (κ2) is 10.7. The predicted molar refractivity (Wildman–Crippen MR) is 134 cm³/mol. The molecule has 6 nitrogen and oxygen atoms in total. The summed E-state index contributed by atoms with van der Waals surface area (Å²) < 4.78 is 11.5. The quantitative estimate of drug-likeness (QED) is 0.200. The van der Waals surface area contributed by atoms with Gasteiger partial charge in [-0.3, -0.25) is 9.59 Å². The largest absolute Gasteiger partial charge is 0.507 e. The summed E-state index contributed by atoms with van der Waals surface area (Å²) in [4.78, 5) is 28.0. The van der Waals surface area contributed by atoms with Crippen LogP contribution in [0.3, 0.4) is 0 Å². The summed E-state index contributed by atoms with van der Waals surface area (Å²) in [5, 5.41) is 11.2. The van der Waals surface area contributed by atoms with E-state index in [4.69, 9.17) is 9.47 Å². The van der Waals surface area contributed by atoms with Crippen molar-refractivity contribution in [2.75, 3.05) is 13.2 Å². The highest BCUT2D eigenvalue weighted by molar-refractivity contribution is 6.46. The number of rotatable bonds is 9. The number of hydrogen-bond donors (Lipinski definition) is 1. The van der Waals surface area contributed by atoms with Gasteiger partial charge in [0.1, 0.15) is 12.4 Å². The Morgan fingerprint density at radius 1 is 0.971 bits per heavy atom. The zero-order valence-corrected chi connectivity index (χ0v) is 19.5. The molecule has 1 aliphatic heterocycles. The Kier molecular flexibility index (Phi) is 7.31. The van der Waals surface area contributed by atoms with Crippen molar-refractivity contribution >= 4 is 17.4 Å². The molecule has 4 rings (SSSR count). The first-order valence-electron chi connectivity index (χ1n) is 11.4. The van der Waals surface area contributed by atoms with E-state index in [0.717, 1.165) is 5.56 Å². The van der Waals surface area contributed by atoms with Gasteiger partial charge in [0.15, 0.2) is 11.5 Å². The van der Waals surface area contributed by atoms with E-state index in [9.17, 15) is 14.7 Å². The number of Topliss-reactive ketones (excluding diaryl/α,β-unsaturated/α-hetero) is 1. The summed E-state index contributed by atoms with van der Waals surface area (Å²) in [5.41, 5.74) is 2.01. The highest BCUT2D eigenvalue weighted by atomic mass is 16.5. The fraction of sp³-hybridized carbons (Fsp3) is 0.172. The minimum Gasteiger partial charge on any atom is -0.507 e. The third-order valence-electron chi connectivity index (χ3n) is 5.72. The van der Waals surface area contributed by atoms with Crippen LogP contribution in [0, 0.1) is 0 Å². The average molecular weight is 470 g/mol. The van der Waals surface area contributed by atoms with Gasteiger partial charge >= 0.3 is 0 Å². The van der Waals surface area contributed by atoms with Gasteiger partial charge in [-0.1, -0.05) is 79.4 Å². The van der Waals surface area contributed by atoms with E-state index in [1.165, 1.54) is 4.90 Å². The van der Waals surface area contributed by atoms with E-state index in [-0.39, 0.29) is 17.9 Å². The molecule has 0 saturated carbocycles. The molecule has 6 heteroatoms. The summed E-state index contributed by atoms with van der Waals surface area (Å²) in [6.45, 7) is 6.46. The van der Waals surface area contributed by atoms with Gasteiger partial charge in [0.25, 0.3) is 11.7 Å². The van der Waals surface area contributed by atoms with Crippen LogP contribution >= 0.6 is 0 Å². The Morgan fingerprint density at radius 3 is 2.31 bits per heavy atom. The van der Waals surface area contributed by atoms with Gasteiger partial charge in [-0.05, 0) is 30.2 Å². The molecule has 0 aliphatic carbocycles. The van der Waals surface area contributed by atoms with Crippen LogP contribution in [0.25, 0.3) is 5.76 Å². The van der Waals surface area contributed by atoms with Gasteiger partial charge in [-0.25, -0.2) is 0 Å². The smallest absolute Gasteiger partial charge is 0.295 e. The molecule has 0 bridgehead atoms. The van der Waals surface area contributed by atoms with E-state index in [2.05, 4.69) is 6.58 Å². The average Bonchev–Trinajstić information content (AvgIpc) is 3.13. The van der Waals surface area contributed by atoms with E-state index in [0.29, 0.717) is 35.8 Å². The Labute approximate surface area is 204 Å². The van der Waals surface area contributed by atoms with Crippen molar-refractivity contribution in [3.8, 4) is 11.5 Å². The number of ketones is 1. The second-order valence-corrected chi connectivity index (χ2v) is 8.02. The van der Waals surface area contributed by atoms with Crippen molar-refractivity contribution in [2.45, 2.75) is 19.5 Å². The van der Waals surface area contributed by atoms with Crippen molar-refractivity contribution in [3.63, 3.8) is 0 Å². The van der Waals surface area contributed by atoms with Gasteiger partial charge in [0, 0.05) is 12.1 Å². The molecule has 1 saturated heterocycles. The van der Waals surface area contributed by atoms with Gasteiger partial charge in [-0.15, -0.1) is 0 Å². The summed E-state index contributed by atoms with van der Waals surface area (Å²) in [5.74, 6) is -0.594. The summed E-state index contributed by atoms with van der Waals surface area (Å²) in [7, 11) is 0. The molecule has 35 heavy (non-hydrogen) atoms. The first-order valence-corrected chi connectivity index (χ1v) is 11.4. The maximum Gasteiger partial charge on any atom is 0.295 e. The van der Waals surface area contributed by atoms with Crippen LogP contribution in [0.15, 0.2) is 97.1 Å². The standard InChI is InChI=1S/C29H27NO5/c1-3-17-35-23-16-15-22(18-24(23)34-4-2)26-25(27(31)21-13-9-6-10-14-21)28(32)29(33)30(26)19-20-11-7-5-8-12-20/h3,5-16,18,26,31H,1,4,17,19H2,2H3. The molecule has 0 radical (unpaired) electrons. The summed E-state index contributed by atoms with van der Waals surface area (Å²) in [6.07, 6.45) is 1.64. The molecule has 1 heterocycles. The van der Waals surface area contributed by atoms with Crippen molar-refractivity contribution in [1.82, 2.24) is 4.90 Å². The SMILES string of the molecule is C=CCOc1ccc(C2C(=C(O)c3ccccc3)C(=O)C(=O)N2Cc2ccccc2)cc1OCC. The molecule has 1 aliphatic rings. The zero-order chi connectivity index (χ0) is 24.8. The highest BCUT2D eigenvalue weighted by Gasteiger charge is 2.46. The molecule has 1 atom stereocenters. The lowest BCUT2D eigenvalue weighted by atomic mass is 9.95. The van der Waals surface area contributed by atoms with Crippen LogP contribution in [-0.2, 0) is 16.1 Å². The lowest BCUT2D eigenvalue weighted by Gasteiger charge is -2.26. The second-order valence-electron chi connectivity index (χ2n) is 8.02. The zero-order valence-electron chi connectivity index (χ0n) is 19.5. The van der Waals surface area contributed by atoms with Crippen molar-refractivity contribution in [1.29, 1.82) is 0 Å². The minimum atomic E-state index is -0.803. The number of carbonyl (C=O) groups is 2. The number of nitrogens with zero attached hydrogens (tertiary/aromatic N) is 1. The van der Waals surface area contributed by atoms with E-state index in [1.807, 2.05) is 43.3 Å². The third kappa shape index (κ3) is 4.96. The number of carbonyl (C=O) groups excluding carboxylic acids is 2. The highest BCUT2D eigenvalue weighted by Crippen LogP contribution is 2.42. The van der Waals surface area contributed by atoms with Crippen LogP contribution in [-0.4, -0.2) is 34.9 Å². The van der Waals surface area contributed by atoms with Gasteiger partial charge in [-0.2, -0.15) is 0 Å². The van der Waals surface area contributed by atoms with Gasteiger partial charge in [0.05, 0.1) is 18.2 Å². The Bertz CT molecular complexity index is 1250. The van der Waals surface area contributed by atoms with E-state index in [1.54, 1.807) is 48.5 Å². The molecular weight excluding hydrogens is 442 g/mol. The molecule has 1 unspecified atom stereocenters. The minimum absolute atomic E-state index is 0.0411. The van der Waals surface area contributed by atoms with Crippen molar-refractivity contribution in [3.05, 3.63) is 114 Å². The Morgan fingerprint density at radius 2 is 1.66 bits per heavy atom. The number of aliphatic hydroxyl groups is 1. The monoisotopic (exact) mass is 469 g/mol. The van der Waals surface area contributed by atoms with Crippen LogP contribution in [0.5, 0.6) is 11.5 Å². The topological polar surface area (TPSA) is 76.1 Å². The molecule has 0 aromatic heterocycles. The lowest BCUT2D eigenvalue weighted by molar-refractivity contribution is -0.140. The normalized spacial score (nSPS) is 16.8. The number of ether oxygens (including phenoxy) is 2. The molecule has 3 aromatic carbocycles. The Balaban J connectivity index is 1.86. The number of likely N-dealkylation sites (tertiary alicyclic amines) is 1. The molecule has 1 amide bonds. The maximum atomic E-state index is 13.2. The van der Waals surface area contributed by atoms with E-state index < -0.39 is 17.7 Å².